The van der Waals surface area contributed by atoms with E-state index in [4.69, 9.17) is 4.74 Å². The maximum absolute atomic E-state index is 12.3. The number of hydrogen-bond donors (Lipinski definition) is 1. The molecule has 0 unspecified atom stereocenters. The summed E-state index contributed by atoms with van der Waals surface area (Å²) in [5.74, 6) is -0.150. The molecule has 3 rings (SSSR count). The Morgan fingerprint density at radius 2 is 2.05 bits per heavy atom. The lowest BCUT2D eigenvalue weighted by Crippen LogP contribution is -2.47. The van der Waals surface area contributed by atoms with Gasteiger partial charge in [-0.1, -0.05) is 22.0 Å². The number of methoxy groups -OCH3 is 1. The number of hydrogen-bond acceptors (Lipinski definition) is 3. The number of carbonyl (C=O) groups is 2. The summed E-state index contributed by atoms with van der Waals surface area (Å²) in [6.45, 7) is 0.607. The van der Waals surface area contributed by atoms with Gasteiger partial charge < -0.3 is 15.0 Å². The van der Waals surface area contributed by atoms with Crippen molar-refractivity contribution < 1.29 is 14.3 Å². The van der Waals surface area contributed by atoms with E-state index in [0.29, 0.717) is 6.54 Å². The van der Waals surface area contributed by atoms with Gasteiger partial charge >= 0.3 is 12.0 Å². The van der Waals surface area contributed by atoms with Crippen LogP contribution in [0.1, 0.15) is 31.2 Å². The van der Waals surface area contributed by atoms with Crippen molar-refractivity contribution in [2.75, 3.05) is 12.4 Å². The maximum atomic E-state index is 12.3. The molecule has 2 amide bonds. The first kappa shape index (κ1) is 15.3. The molecular weight excluding hydrogens is 348 g/mol. The van der Waals surface area contributed by atoms with Crippen LogP contribution in [-0.2, 0) is 16.1 Å². The number of fused-ring (bicyclic) bond motifs is 1. The fourth-order valence-electron chi connectivity index (χ4n) is 3.35. The molecule has 1 saturated carbocycles. The molecule has 5 nitrogen and oxygen atoms in total. The normalized spacial score (nSPS) is 24.5. The molecule has 1 N–H and O–H groups in total. The van der Waals surface area contributed by atoms with E-state index in [1.54, 1.807) is 0 Å². The van der Waals surface area contributed by atoms with Crippen molar-refractivity contribution in [1.29, 1.82) is 0 Å². The number of urea groups is 1. The molecule has 2 aliphatic rings. The zero-order chi connectivity index (χ0) is 15.7. The van der Waals surface area contributed by atoms with Gasteiger partial charge in [0.1, 0.15) is 0 Å². The number of rotatable bonds is 2. The Morgan fingerprint density at radius 3 is 2.73 bits per heavy atom. The topological polar surface area (TPSA) is 58.6 Å². The summed E-state index contributed by atoms with van der Waals surface area (Å²) in [5.41, 5.74) is 1.98. The van der Waals surface area contributed by atoms with E-state index in [1.165, 1.54) is 7.11 Å². The van der Waals surface area contributed by atoms with Crippen molar-refractivity contribution in [3.8, 4) is 0 Å². The third-order valence-corrected chi connectivity index (χ3v) is 5.36. The van der Waals surface area contributed by atoms with Gasteiger partial charge in [0, 0.05) is 21.8 Å². The standard InChI is InChI=1S/C16H19BrN2O3/c1-22-15(20)10-5-7-11(8-6-10)19-9-12-13(17)3-2-4-14(12)18-16(19)21/h2-4,10-11H,5-9H2,1H3,(H,18,21). The number of nitrogens with zero attached hydrogens (tertiary/aromatic N) is 1. The summed E-state index contributed by atoms with van der Waals surface area (Å²) in [6.07, 6.45) is 3.24. The smallest absolute Gasteiger partial charge is 0.322 e. The molecule has 1 aliphatic heterocycles. The van der Waals surface area contributed by atoms with E-state index in [2.05, 4.69) is 21.2 Å². The fraction of sp³-hybridized carbons (Fsp3) is 0.500. The molecule has 0 saturated heterocycles. The van der Waals surface area contributed by atoms with Crippen LogP contribution in [0.2, 0.25) is 0 Å². The van der Waals surface area contributed by atoms with Gasteiger partial charge in [0.25, 0.3) is 0 Å². The maximum Gasteiger partial charge on any atom is 0.322 e. The second kappa shape index (κ2) is 6.28. The molecule has 6 heteroatoms. The minimum absolute atomic E-state index is 0.0203. The third kappa shape index (κ3) is 2.84. The van der Waals surface area contributed by atoms with Crippen LogP contribution in [0, 0.1) is 5.92 Å². The first-order chi connectivity index (χ1) is 10.6. The predicted octanol–water partition coefficient (Wildman–Crippen LogP) is 3.53. The van der Waals surface area contributed by atoms with Gasteiger partial charge in [0.2, 0.25) is 0 Å². The zero-order valence-electron chi connectivity index (χ0n) is 12.5. The molecule has 1 heterocycles. The van der Waals surface area contributed by atoms with Gasteiger partial charge in [-0.25, -0.2) is 4.79 Å². The van der Waals surface area contributed by atoms with Crippen LogP contribution in [0.4, 0.5) is 10.5 Å². The Balaban J connectivity index is 1.70. The van der Waals surface area contributed by atoms with E-state index in [-0.39, 0.29) is 24.0 Å². The minimum atomic E-state index is -0.130. The largest absolute Gasteiger partial charge is 0.469 e. The highest BCUT2D eigenvalue weighted by atomic mass is 79.9. The summed E-state index contributed by atoms with van der Waals surface area (Å²) in [7, 11) is 1.43. The minimum Gasteiger partial charge on any atom is -0.469 e. The molecule has 0 atom stereocenters. The van der Waals surface area contributed by atoms with Gasteiger partial charge in [-0.2, -0.15) is 0 Å². The van der Waals surface area contributed by atoms with Crippen LogP contribution in [0.5, 0.6) is 0 Å². The molecule has 0 bridgehead atoms. The molecule has 118 valence electrons. The van der Waals surface area contributed by atoms with Gasteiger partial charge in [-0.05, 0) is 37.8 Å². The van der Waals surface area contributed by atoms with Crippen LogP contribution in [0.25, 0.3) is 0 Å². The quantitative estimate of drug-likeness (QED) is 0.814. The number of benzene rings is 1. The summed E-state index contributed by atoms with van der Waals surface area (Å²) in [6, 6.07) is 5.96. The second-order valence-electron chi connectivity index (χ2n) is 5.85. The highest BCUT2D eigenvalue weighted by Gasteiger charge is 2.34. The van der Waals surface area contributed by atoms with Crippen LogP contribution in [-0.4, -0.2) is 30.1 Å². The van der Waals surface area contributed by atoms with E-state index in [9.17, 15) is 9.59 Å². The van der Waals surface area contributed by atoms with Gasteiger partial charge in [-0.3, -0.25) is 4.79 Å². The Bertz CT molecular complexity index is 597. The number of nitrogens with one attached hydrogen (secondary N) is 1. The van der Waals surface area contributed by atoms with E-state index < -0.39 is 0 Å². The van der Waals surface area contributed by atoms with Crippen molar-refractivity contribution >= 4 is 33.6 Å². The summed E-state index contributed by atoms with van der Waals surface area (Å²) < 4.78 is 5.83. The number of ether oxygens (including phenoxy) is 1. The molecule has 1 aromatic rings. The van der Waals surface area contributed by atoms with Crippen LogP contribution in [0.15, 0.2) is 22.7 Å². The lowest BCUT2D eigenvalue weighted by atomic mass is 9.85. The lowest BCUT2D eigenvalue weighted by Gasteiger charge is -2.39. The first-order valence-electron chi connectivity index (χ1n) is 7.53. The highest BCUT2D eigenvalue weighted by Crippen LogP contribution is 2.35. The number of esters is 1. The lowest BCUT2D eigenvalue weighted by molar-refractivity contribution is -0.146. The average molecular weight is 367 g/mol. The molecule has 0 spiro atoms. The molecule has 1 fully saturated rings. The molecule has 1 aromatic carbocycles. The van der Waals surface area contributed by atoms with Gasteiger partial charge in [0.15, 0.2) is 0 Å². The van der Waals surface area contributed by atoms with Crippen LogP contribution in [0.3, 0.4) is 0 Å². The van der Waals surface area contributed by atoms with Crippen molar-refractivity contribution in [3.05, 3.63) is 28.2 Å². The first-order valence-corrected chi connectivity index (χ1v) is 8.32. The molecule has 1 aliphatic carbocycles. The Labute approximate surface area is 138 Å². The van der Waals surface area contributed by atoms with Gasteiger partial charge in [0.05, 0.1) is 19.6 Å². The average Bonchev–Trinajstić information content (AvgIpc) is 2.54. The predicted molar refractivity (Wildman–Crippen MR) is 86.5 cm³/mol. The fourth-order valence-corrected chi connectivity index (χ4v) is 3.84. The Morgan fingerprint density at radius 1 is 1.32 bits per heavy atom. The van der Waals surface area contributed by atoms with E-state index in [0.717, 1.165) is 41.4 Å². The molecule has 0 radical (unpaired) electrons. The Hall–Kier alpha value is -1.56. The van der Waals surface area contributed by atoms with Crippen LogP contribution >= 0.6 is 15.9 Å². The van der Waals surface area contributed by atoms with Crippen molar-refractivity contribution in [1.82, 2.24) is 4.90 Å². The van der Waals surface area contributed by atoms with Crippen molar-refractivity contribution in [2.45, 2.75) is 38.3 Å². The molecule has 22 heavy (non-hydrogen) atoms. The zero-order valence-corrected chi connectivity index (χ0v) is 14.1. The van der Waals surface area contributed by atoms with Crippen LogP contribution < -0.4 is 5.32 Å². The third-order valence-electron chi connectivity index (χ3n) is 4.62. The summed E-state index contributed by atoms with van der Waals surface area (Å²) >= 11 is 3.55. The number of amides is 2. The Kier molecular flexibility index (Phi) is 4.38. The SMILES string of the molecule is COC(=O)C1CCC(N2Cc3c(Br)cccc3NC2=O)CC1. The number of carbonyl (C=O) groups excluding carboxylic acids is 2. The highest BCUT2D eigenvalue weighted by molar-refractivity contribution is 9.10. The number of anilines is 1. The van der Waals surface area contributed by atoms with E-state index >= 15 is 0 Å². The molecular formula is C16H19BrN2O3. The summed E-state index contributed by atoms with van der Waals surface area (Å²) in [4.78, 5) is 25.8. The van der Waals surface area contributed by atoms with Crippen molar-refractivity contribution in [3.63, 3.8) is 0 Å². The van der Waals surface area contributed by atoms with Gasteiger partial charge in [-0.15, -0.1) is 0 Å². The van der Waals surface area contributed by atoms with E-state index in [1.807, 2.05) is 23.1 Å². The monoisotopic (exact) mass is 366 g/mol. The van der Waals surface area contributed by atoms with Crippen molar-refractivity contribution in [2.24, 2.45) is 5.92 Å². The molecule has 0 aromatic heterocycles. The number of halogens is 1. The summed E-state index contributed by atoms with van der Waals surface area (Å²) in [5, 5.41) is 2.96. The second-order valence-corrected chi connectivity index (χ2v) is 6.71.